The second-order valence-electron chi connectivity index (χ2n) is 4.43. The lowest BCUT2D eigenvalue weighted by Gasteiger charge is -2.21. The fraction of sp³-hybridized carbons (Fsp3) is 0.417. The molecule has 1 aromatic rings. The zero-order valence-corrected chi connectivity index (χ0v) is 10.2. The van der Waals surface area contributed by atoms with Crippen LogP contribution in [-0.2, 0) is 4.79 Å². The Morgan fingerprint density at radius 3 is 2.74 bits per heavy atom. The molecule has 0 saturated carbocycles. The van der Waals surface area contributed by atoms with E-state index in [-0.39, 0.29) is 23.2 Å². The number of piperidine rings is 1. The highest BCUT2D eigenvalue weighted by Gasteiger charge is 2.22. The molecule has 0 unspecified atom stereocenters. The molecule has 7 heteroatoms. The van der Waals surface area contributed by atoms with Crippen LogP contribution in [0.5, 0.6) is 0 Å². The average Bonchev–Trinajstić information content (AvgIpc) is 2.42. The first-order chi connectivity index (χ1) is 9.08. The van der Waals surface area contributed by atoms with Gasteiger partial charge in [0.2, 0.25) is 5.91 Å². The summed E-state index contributed by atoms with van der Waals surface area (Å²) in [4.78, 5) is 21.9. The van der Waals surface area contributed by atoms with Gasteiger partial charge in [0.1, 0.15) is 5.82 Å². The molecule has 1 fully saturated rings. The minimum atomic E-state index is -0.673. The Hall–Kier alpha value is -2.02. The Labute approximate surface area is 109 Å². The molecule has 1 heterocycles. The first kappa shape index (κ1) is 13.4. The fourth-order valence-electron chi connectivity index (χ4n) is 2.04. The molecule has 2 N–H and O–H groups in total. The van der Waals surface area contributed by atoms with Crippen molar-refractivity contribution in [3.05, 3.63) is 34.1 Å². The molecule has 1 aliphatic rings. The first-order valence-corrected chi connectivity index (χ1v) is 6.03. The summed E-state index contributed by atoms with van der Waals surface area (Å²) >= 11 is 0. The highest BCUT2D eigenvalue weighted by Crippen LogP contribution is 2.23. The number of non-ortho nitro benzene ring substituents is 1. The molecule has 1 aromatic carbocycles. The van der Waals surface area contributed by atoms with Crippen LogP contribution in [0.2, 0.25) is 0 Å². The standard InChI is InChI=1S/C12H14FN3O3/c13-10-2-1-9(16(18)19)7-11(10)15-12(17)8-3-5-14-6-4-8/h1-2,7-8,14H,3-6H2,(H,15,17). The molecule has 0 spiro atoms. The lowest BCUT2D eigenvalue weighted by Crippen LogP contribution is -2.34. The summed E-state index contributed by atoms with van der Waals surface area (Å²) in [6, 6.07) is 3.08. The number of nitrogens with zero attached hydrogens (tertiary/aromatic N) is 1. The van der Waals surface area contributed by atoms with Gasteiger partial charge in [0.05, 0.1) is 10.6 Å². The summed E-state index contributed by atoms with van der Waals surface area (Å²) in [6.07, 6.45) is 1.37. The number of hydrogen-bond acceptors (Lipinski definition) is 4. The molecule has 2 rings (SSSR count). The molecule has 1 aliphatic heterocycles. The zero-order valence-electron chi connectivity index (χ0n) is 10.2. The van der Waals surface area contributed by atoms with Crippen molar-refractivity contribution in [2.75, 3.05) is 18.4 Å². The van der Waals surface area contributed by atoms with Crippen molar-refractivity contribution >= 4 is 17.3 Å². The lowest BCUT2D eigenvalue weighted by atomic mass is 9.97. The van der Waals surface area contributed by atoms with E-state index in [4.69, 9.17) is 0 Å². The summed E-state index contributed by atoms with van der Waals surface area (Å²) in [5.41, 5.74) is -0.389. The number of hydrogen-bond donors (Lipinski definition) is 2. The van der Waals surface area contributed by atoms with Crippen LogP contribution >= 0.6 is 0 Å². The van der Waals surface area contributed by atoms with Crippen LogP contribution in [0.4, 0.5) is 15.8 Å². The second-order valence-corrected chi connectivity index (χ2v) is 4.43. The molecule has 102 valence electrons. The number of halogens is 1. The third-order valence-electron chi connectivity index (χ3n) is 3.13. The average molecular weight is 267 g/mol. The van der Waals surface area contributed by atoms with Gasteiger partial charge in [-0.05, 0) is 32.0 Å². The van der Waals surface area contributed by atoms with Crippen LogP contribution < -0.4 is 10.6 Å². The van der Waals surface area contributed by atoms with Crippen molar-refractivity contribution in [2.45, 2.75) is 12.8 Å². The summed E-state index contributed by atoms with van der Waals surface area (Å²) in [6.45, 7) is 1.49. The van der Waals surface area contributed by atoms with E-state index in [1.165, 1.54) is 0 Å². The van der Waals surface area contributed by atoms with Crippen LogP contribution in [0.25, 0.3) is 0 Å². The van der Waals surface area contributed by atoms with Crippen LogP contribution in [0.1, 0.15) is 12.8 Å². The van der Waals surface area contributed by atoms with E-state index < -0.39 is 10.7 Å². The Morgan fingerprint density at radius 2 is 2.11 bits per heavy atom. The first-order valence-electron chi connectivity index (χ1n) is 6.03. The van der Waals surface area contributed by atoms with Crippen molar-refractivity contribution in [2.24, 2.45) is 5.92 Å². The third-order valence-corrected chi connectivity index (χ3v) is 3.13. The third kappa shape index (κ3) is 3.25. The van der Waals surface area contributed by atoms with Crippen molar-refractivity contribution in [1.82, 2.24) is 5.32 Å². The molecule has 1 saturated heterocycles. The predicted molar refractivity (Wildman–Crippen MR) is 67.3 cm³/mol. The largest absolute Gasteiger partial charge is 0.323 e. The molecule has 0 radical (unpaired) electrons. The molecule has 0 atom stereocenters. The van der Waals surface area contributed by atoms with E-state index in [1.54, 1.807) is 0 Å². The van der Waals surface area contributed by atoms with Crippen LogP contribution in [0.3, 0.4) is 0 Å². The molecular formula is C12H14FN3O3. The Bertz CT molecular complexity index is 501. The SMILES string of the molecule is O=C(Nc1cc([N+](=O)[O-])ccc1F)C1CCNCC1. The van der Waals surface area contributed by atoms with Gasteiger partial charge in [-0.3, -0.25) is 14.9 Å². The van der Waals surface area contributed by atoms with Gasteiger partial charge >= 0.3 is 0 Å². The summed E-state index contributed by atoms with van der Waals surface area (Å²) in [5.74, 6) is -1.14. The van der Waals surface area contributed by atoms with Gasteiger partial charge in [-0.1, -0.05) is 0 Å². The Morgan fingerprint density at radius 1 is 1.42 bits per heavy atom. The van der Waals surface area contributed by atoms with E-state index >= 15 is 0 Å². The highest BCUT2D eigenvalue weighted by atomic mass is 19.1. The topological polar surface area (TPSA) is 84.3 Å². The minimum Gasteiger partial charge on any atom is -0.323 e. The minimum absolute atomic E-state index is 0.141. The molecule has 0 aliphatic carbocycles. The molecule has 19 heavy (non-hydrogen) atoms. The van der Waals surface area contributed by atoms with E-state index in [2.05, 4.69) is 10.6 Å². The number of anilines is 1. The van der Waals surface area contributed by atoms with Gasteiger partial charge in [0.15, 0.2) is 0 Å². The number of carbonyl (C=O) groups excluding carboxylic acids is 1. The number of nitrogens with one attached hydrogen (secondary N) is 2. The number of nitro groups is 1. The van der Waals surface area contributed by atoms with Gasteiger partial charge in [0.25, 0.3) is 5.69 Å². The van der Waals surface area contributed by atoms with Crippen LogP contribution in [-0.4, -0.2) is 23.9 Å². The van der Waals surface area contributed by atoms with Gasteiger partial charge in [-0.15, -0.1) is 0 Å². The Balaban J connectivity index is 2.11. The molecule has 0 aromatic heterocycles. The number of rotatable bonds is 3. The van der Waals surface area contributed by atoms with E-state index in [0.717, 1.165) is 31.3 Å². The predicted octanol–water partition coefficient (Wildman–Crippen LogP) is 1.67. The van der Waals surface area contributed by atoms with Gasteiger partial charge in [-0.25, -0.2) is 4.39 Å². The molecule has 0 bridgehead atoms. The maximum Gasteiger partial charge on any atom is 0.271 e. The fourth-order valence-corrected chi connectivity index (χ4v) is 2.04. The maximum atomic E-state index is 13.5. The highest BCUT2D eigenvalue weighted by molar-refractivity contribution is 5.93. The maximum absolute atomic E-state index is 13.5. The van der Waals surface area contributed by atoms with E-state index in [0.29, 0.717) is 12.8 Å². The van der Waals surface area contributed by atoms with Crippen molar-refractivity contribution in [3.63, 3.8) is 0 Å². The Kier molecular flexibility index (Phi) is 4.06. The monoisotopic (exact) mass is 267 g/mol. The van der Waals surface area contributed by atoms with E-state index in [1.807, 2.05) is 0 Å². The number of amides is 1. The smallest absolute Gasteiger partial charge is 0.271 e. The second kappa shape index (κ2) is 5.75. The van der Waals surface area contributed by atoms with Crippen molar-refractivity contribution < 1.29 is 14.1 Å². The zero-order chi connectivity index (χ0) is 13.8. The summed E-state index contributed by atoms with van der Waals surface area (Å²) in [7, 11) is 0. The number of nitro benzene ring substituents is 1. The molecular weight excluding hydrogens is 253 g/mol. The number of benzene rings is 1. The summed E-state index contributed by atoms with van der Waals surface area (Å²) < 4.78 is 13.5. The van der Waals surface area contributed by atoms with Crippen molar-refractivity contribution in [1.29, 1.82) is 0 Å². The number of carbonyl (C=O) groups is 1. The van der Waals surface area contributed by atoms with Crippen LogP contribution in [0, 0.1) is 21.8 Å². The van der Waals surface area contributed by atoms with Crippen molar-refractivity contribution in [3.8, 4) is 0 Å². The molecule has 6 nitrogen and oxygen atoms in total. The van der Waals surface area contributed by atoms with Gasteiger partial charge in [0, 0.05) is 18.1 Å². The lowest BCUT2D eigenvalue weighted by molar-refractivity contribution is -0.384. The quantitative estimate of drug-likeness (QED) is 0.644. The van der Waals surface area contributed by atoms with Gasteiger partial charge < -0.3 is 10.6 Å². The summed E-state index contributed by atoms with van der Waals surface area (Å²) in [5, 5.41) is 16.2. The van der Waals surface area contributed by atoms with E-state index in [9.17, 15) is 19.3 Å². The van der Waals surface area contributed by atoms with Crippen LogP contribution in [0.15, 0.2) is 18.2 Å². The van der Waals surface area contributed by atoms with Gasteiger partial charge in [-0.2, -0.15) is 0 Å². The normalized spacial score (nSPS) is 16.1. The molecule has 1 amide bonds.